The molecule has 21 heavy (non-hydrogen) atoms. The maximum absolute atomic E-state index is 12.1. The fourth-order valence-corrected chi connectivity index (χ4v) is 2.50. The van der Waals surface area contributed by atoms with Gasteiger partial charge in [-0.05, 0) is 31.2 Å². The van der Waals surface area contributed by atoms with E-state index in [0.717, 1.165) is 10.6 Å². The Morgan fingerprint density at radius 3 is 2.38 bits per heavy atom. The molecule has 0 N–H and O–H groups in total. The first-order valence-electron chi connectivity index (χ1n) is 6.72. The summed E-state index contributed by atoms with van der Waals surface area (Å²) in [5.41, 5.74) is 0. The molecule has 0 spiro atoms. The Morgan fingerprint density at radius 1 is 1.19 bits per heavy atom. The number of carbonyl (C=O) groups is 2. The molecule has 116 valence electrons. The van der Waals surface area contributed by atoms with Crippen molar-refractivity contribution in [1.82, 2.24) is 4.90 Å². The summed E-state index contributed by atoms with van der Waals surface area (Å²) in [5, 5.41) is 0. The van der Waals surface area contributed by atoms with E-state index < -0.39 is 0 Å². The number of hydrogen-bond acceptors (Lipinski definition) is 5. The molecule has 0 unspecified atom stereocenters. The van der Waals surface area contributed by atoms with Crippen molar-refractivity contribution in [3.05, 3.63) is 24.3 Å². The van der Waals surface area contributed by atoms with Gasteiger partial charge in [0.05, 0.1) is 26.4 Å². The molecule has 5 nitrogen and oxygen atoms in total. The SMILES string of the molecule is CCN(CCC(=O)OC)C(=O)CSc1ccc(OC)cc1. The van der Waals surface area contributed by atoms with E-state index in [1.807, 2.05) is 31.2 Å². The third-order valence-corrected chi connectivity index (χ3v) is 3.97. The molecule has 0 aliphatic rings. The molecule has 0 radical (unpaired) electrons. The zero-order valence-corrected chi connectivity index (χ0v) is 13.4. The first-order chi connectivity index (χ1) is 10.1. The summed E-state index contributed by atoms with van der Waals surface area (Å²) in [6.07, 6.45) is 0.225. The molecule has 1 rings (SSSR count). The van der Waals surface area contributed by atoms with Crippen LogP contribution in [0.4, 0.5) is 0 Å². The summed E-state index contributed by atoms with van der Waals surface area (Å²) in [5.74, 6) is 0.853. The van der Waals surface area contributed by atoms with Gasteiger partial charge in [0.25, 0.3) is 0 Å². The number of rotatable bonds is 8. The number of hydrogen-bond donors (Lipinski definition) is 0. The number of amides is 1. The number of benzene rings is 1. The highest BCUT2D eigenvalue weighted by Gasteiger charge is 2.13. The summed E-state index contributed by atoms with van der Waals surface area (Å²) in [6.45, 7) is 2.87. The summed E-state index contributed by atoms with van der Waals surface area (Å²) >= 11 is 1.47. The molecule has 0 saturated heterocycles. The van der Waals surface area contributed by atoms with Crippen LogP contribution in [0.5, 0.6) is 5.75 Å². The van der Waals surface area contributed by atoms with Gasteiger partial charge in [-0.1, -0.05) is 0 Å². The van der Waals surface area contributed by atoms with Crippen LogP contribution in [0.25, 0.3) is 0 Å². The minimum atomic E-state index is -0.302. The molecular formula is C15H21NO4S. The van der Waals surface area contributed by atoms with Crippen molar-refractivity contribution in [3.63, 3.8) is 0 Å². The maximum Gasteiger partial charge on any atom is 0.307 e. The number of ether oxygens (including phenoxy) is 2. The molecule has 0 atom stereocenters. The molecule has 0 aromatic heterocycles. The Bertz CT molecular complexity index is 461. The average Bonchev–Trinajstić information content (AvgIpc) is 2.53. The zero-order chi connectivity index (χ0) is 15.7. The second-order valence-electron chi connectivity index (χ2n) is 4.26. The highest BCUT2D eigenvalue weighted by Crippen LogP contribution is 2.21. The molecule has 0 fully saturated rings. The normalized spacial score (nSPS) is 10.0. The van der Waals surface area contributed by atoms with E-state index >= 15 is 0 Å². The number of esters is 1. The lowest BCUT2D eigenvalue weighted by Gasteiger charge is -2.20. The van der Waals surface area contributed by atoms with Crippen molar-refractivity contribution in [2.45, 2.75) is 18.2 Å². The lowest BCUT2D eigenvalue weighted by Crippen LogP contribution is -2.34. The standard InChI is InChI=1S/C15H21NO4S/c1-4-16(10-9-15(18)20-3)14(17)11-21-13-7-5-12(19-2)6-8-13/h5-8H,4,9-11H2,1-3H3. The third-order valence-electron chi connectivity index (χ3n) is 2.97. The van der Waals surface area contributed by atoms with E-state index in [-0.39, 0.29) is 18.3 Å². The largest absolute Gasteiger partial charge is 0.497 e. The van der Waals surface area contributed by atoms with Crippen molar-refractivity contribution in [2.75, 3.05) is 33.1 Å². The molecule has 0 bridgehead atoms. The van der Waals surface area contributed by atoms with Crippen LogP contribution >= 0.6 is 11.8 Å². The highest BCUT2D eigenvalue weighted by atomic mass is 32.2. The van der Waals surface area contributed by atoms with E-state index in [2.05, 4.69) is 4.74 Å². The van der Waals surface area contributed by atoms with Crippen molar-refractivity contribution < 1.29 is 19.1 Å². The summed E-state index contributed by atoms with van der Waals surface area (Å²) in [7, 11) is 2.96. The lowest BCUT2D eigenvalue weighted by molar-refractivity contribution is -0.141. The Morgan fingerprint density at radius 2 is 1.86 bits per heavy atom. The Balaban J connectivity index is 2.44. The molecule has 0 aliphatic heterocycles. The molecule has 0 saturated carbocycles. The second kappa shape index (κ2) is 9.28. The van der Waals surface area contributed by atoms with E-state index in [1.165, 1.54) is 18.9 Å². The van der Waals surface area contributed by atoms with Gasteiger partial charge >= 0.3 is 5.97 Å². The van der Waals surface area contributed by atoms with Gasteiger partial charge < -0.3 is 14.4 Å². The van der Waals surface area contributed by atoms with Crippen LogP contribution in [0.2, 0.25) is 0 Å². The van der Waals surface area contributed by atoms with Crippen LogP contribution in [-0.2, 0) is 14.3 Å². The second-order valence-corrected chi connectivity index (χ2v) is 5.31. The lowest BCUT2D eigenvalue weighted by atomic mass is 10.3. The van der Waals surface area contributed by atoms with Crippen LogP contribution in [0.15, 0.2) is 29.2 Å². The van der Waals surface area contributed by atoms with Crippen molar-refractivity contribution in [1.29, 1.82) is 0 Å². The van der Waals surface area contributed by atoms with Gasteiger partial charge in [-0.25, -0.2) is 0 Å². The highest BCUT2D eigenvalue weighted by molar-refractivity contribution is 8.00. The van der Waals surface area contributed by atoms with E-state index in [9.17, 15) is 9.59 Å². The predicted octanol–water partition coefficient (Wildman–Crippen LogP) is 2.20. The monoisotopic (exact) mass is 311 g/mol. The van der Waals surface area contributed by atoms with Gasteiger partial charge in [0.2, 0.25) is 5.91 Å². The summed E-state index contributed by atoms with van der Waals surface area (Å²) < 4.78 is 9.67. The van der Waals surface area contributed by atoms with Gasteiger partial charge in [-0.3, -0.25) is 9.59 Å². The quantitative estimate of drug-likeness (QED) is 0.544. The maximum atomic E-state index is 12.1. The Labute approximate surface area is 129 Å². The molecule has 1 amide bonds. The van der Waals surface area contributed by atoms with Gasteiger partial charge in [-0.15, -0.1) is 11.8 Å². The minimum Gasteiger partial charge on any atom is -0.497 e. The fraction of sp³-hybridized carbons (Fsp3) is 0.467. The van der Waals surface area contributed by atoms with Crippen molar-refractivity contribution in [3.8, 4) is 5.75 Å². The van der Waals surface area contributed by atoms with E-state index in [4.69, 9.17) is 4.74 Å². The van der Waals surface area contributed by atoms with Crippen LogP contribution in [-0.4, -0.2) is 49.8 Å². The average molecular weight is 311 g/mol. The van der Waals surface area contributed by atoms with E-state index in [1.54, 1.807) is 12.0 Å². The first kappa shape index (κ1) is 17.4. The third kappa shape index (κ3) is 6.08. The van der Waals surface area contributed by atoms with Crippen LogP contribution in [0.3, 0.4) is 0 Å². The van der Waals surface area contributed by atoms with Crippen LogP contribution in [0.1, 0.15) is 13.3 Å². The molecule has 0 heterocycles. The molecular weight excluding hydrogens is 290 g/mol. The Hall–Kier alpha value is -1.69. The topological polar surface area (TPSA) is 55.8 Å². The van der Waals surface area contributed by atoms with Gasteiger partial charge in [0.15, 0.2) is 0 Å². The predicted molar refractivity (Wildman–Crippen MR) is 82.6 cm³/mol. The Kier molecular flexibility index (Phi) is 7.68. The van der Waals surface area contributed by atoms with Crippen LogP contribution in [0, 0.1) is 0 Å². The smallest absolute Gasteiger partial charge is 0.307 e. The molecule has 1 aromatic rings. The van der Waals surface area contributed by atoms with E-state index in [0.29, 0.717) is 18.8 Å². The van der Waals surface area contributed by atoms with Crippen molar-refractivity contribution >= 4 is 23.6 Å². The first-order valence-corrected chi connectivity index (χ1v) is 7.70. The minimum absolute atomic E-state index is 0.0159. The summed E-state index contributed by atoms with van der Waals surface area (Å²) in [4.78, 5) is 25.9. The van der Waals surface area contributed by atoms with Gasteiger partial charge in [0.1, 0.15) is 5.75 Å². The molecule has 0 aliphatic carbocycles. The van der Waals surface area contributed by atoms with Gasteiger partial charge in [-0.2, -0.15) is 0 Å². The number of thioether (sulfide) groups is 1. The number of nitrogens with zero attached hydrogens (tertiary/aromatic N) is 1. The molecule has 1 aromatic carbocycles. The number of carbonyl (C=O) groups excluding carboxylic acids is 2. The zero-order valence-electron chi connectivity index (χ0n) is 12.6. The van der Waals surface area contributed by atoms with Crippen molar-refractivity contribution in [2.24, 2.45) is 0 Å². The van der Waals surface area contributed by atoms with Crippen LogP contribution < -0.4 is 4.74 Å². The number of methoxy groups -OCH3 is 2. The van der Waals surface area contributed by atoms with Gasteiger partial charge in [0, 0.05) is 18.0 Å². The molecule has 6 heteroatoms. The fourth-order valence-electron chi connectivity index (χ4n) is 1.70. The summed E-state index contributed by atoms with van der Waals surface area (Å²) in [6, 6.07) is 7.56.